The van der Waals surface area contributed by atoms with Crippen molar-refractivity contribution >= 4 is 11.1 Å². The lowest BCUT2D eigenvalue weighted by Gasteiger charge is -2.24. The number of rotatable bonds is 1. The summed E-state index contributed by atoms with van der Waals surface area (Å²) in [7, 11) is 0. The van der Waals surface area contributed by atoms with Gasteiger partial charge in [0.25, 0.3) is 0 Å². The van der Waals surface area contributed by atoms with E-state index in [1.807, 2.05) is 6.92 Å². The molecular formula is C8H13O2S-. The summed E-state index contributed by atoms with van der Waals surface area (Å²) in [6.07, 6.45) is 2.82. The van der Waals surface area contributed by atoms with Crippen molar-refractivity contribution in [1.82, 2.24) is 0 Å². The van der Waals surface area contributed by atoms with Crippen LogP contribution in [0.5, 0.6) is 0 Å². The molecule has 0 heterocycles. The average Bonchev–Trinajstić information content (AvgIpc) is 1.94. The van der Waals surface area contributed by atoms with Gasteiger partial charge in [0.1, 0.15) is 0 Å². The maximum atomic E-state index is 10.7. The molecule has 1 aliphatic carbocycles. The van der Waals surface area contributed by atoms with Crippen LogP contribution < -0.4 is 0 Å². The molecule has 0 aliphatic heterocycles. The fourth-order valence-corrected chi connectivity index (χ4v) is 2.21. The Morgan fingerprint density at radius 1 is 1.64 bits per heavy atom. The summed E-state index contributed by atoms with van der Waals surface area (Å²) in [4.78, 5) is 0.642. The van der Waals surface area contributed by atoms with E-state index < -0.39 is 11.1 Å². The van der Waals surface area contributed by atoms with Crippen LogP contribution in [0.15, 0.2) is 10.5 Å². The molecule has 64 valence electrons. The Balaban J connectivity index is 2.80. The molecule has 2 atom stereocenters. The van der Waals surface area contributed by atoms with E-state index in [9.17, 15) is 8.76 Å². The number of hydrogen-bond acceptors (Lipinski definition) is 2. The van der Waals surface area contributed by atoms with Crippen LogP contribution in [0.2, 0.25) is 0 Å². The summed E-state index contributed by atoms with van der Waals surface area (Å²) >= 11 is -1.97. The van der Waals surface area contributed by atoms with Gasteiger partial charge in [-0.1, -0.05) is 12.5 Å². The minimum atomic E-state index is -1.97. The second-order valence-corrected chi connectivity index (χ2v) is 4.25. The molecule has 0 aromatic heterocycles. The first-order valence-corrected chi connectivity index (χ1v) is 4.96. The Morgan fingerprint density at radius 2 is 2.27 bits per heavy atom. The van der Waals surface area contributed by atoms with E-state index >= 15 is 0 Å². The van der Waals surface area contributed by atoms with Crippen LogP contribution >= 0.6 is 0 Å². The van der Waals surface area contributed by atoms with E-state index in [0.29, 0.717) is 10.8 Å². The van der Waals surface area contributed by atoms with Gasteiger partial charge >= 0.3 is 0 Å². The smallest absolute Gasteiger partial charge is 0.00159 e. The Morgan fingerprint density at radius 3 is 2.73 bits per heavy atom. The molecule has 3 heteroatoms. The molecule has 0 spiro atoms. The molecule has 0 saturated heterocycles. The van der Waals surface area contributed by atoms with Crippen LogP contribution in [0.1, 0.15) is 33.1 Å². The minimum Gasteiger partial charge on any atom is -0.769 e. The normalized spacial score (nSPS) is 28.8. The Hall–Kier alpha value is -0.150. The quantitative estimate of drug-likeness (QED) is 0.569. The third kappa shape index (κ3) is 2.14. The molecule has 1 aliphatic rings. The zero-order valence-electron chi connectivity index (χ0n) is 6.92. The molecule has 0 amide bonds. The van der Waals surface area contributed by atoms with E-state index in [4.69, 9.17) is 0 Å². The molecule has 11 heavy (non-hydrogen) atoms. The van der Waals surface area contributed by atoms with E-state index in [1.165, 1.54) is 0 Å². The Kier molecular flexibility index (Phi) is 2.84. The summed E-state index contributed by atoms with van der Waals surface area (Å²) in [6, 6.07) is 0. The lowest BCUT2D eigenvalue weighted by molar-refractivity contribution is 0.491. The number of hydrogen-bond donors (Lipinski definition) is 0. The van der Waals surface area contributed by atoms with Crippen molar-refractivity contribution in [3.63, 3.8) is 0 Å². The van der Waals surface area contributed by atoms with Gasteiger partial charge in [-0.15, -0.1) is 0 Å². The van der Waals surface area contributed by atoms with Gasteiger partial charge in [0.05, 0.1) is 0 Å². The van der Waals surface area contributed by atoms with Crippen LogP contribution in [-0.4, -0.2) is 8.76 Å². The van der Waals surface area contributed by atoms with Crippen molar-refractivity contribution in [3.8, 4) is 0 Å². The summed E-state index contributed by atoms with van der Waals surface area (Å²) in [5, 5.41) is 0. The van der Waals surface area contributed by atoms with Crippen LogP contribution in [0.4, 0.5) is 0 Å². The summed E-state index contributed by atoms with van der Waals surface area (Å²) in [5.74, 6) is 0.534. The molecular weight excluding hydrogens is 160 g/mol. The highest BCUT2D eigenvalue weighted by Gasteiger charge is 2.15. The monoisotopic (exact) mass is 173 g/mol. The first kappa shape index (κ1) is 8.94. The standard InChI is InChI=1S/C8H14O2S/c1-6-3-4-7(2)8(5-6)11(9)10/h6H,3-5H2,1-2H3,(H,9,10)/p-1. The molecule has 0 bridgehead atoms. The van der Waals surface area contributed by atoms with Gasteiger partial charge in [-0.05, 0) is 43.2 Å². The lowest BCUT2D eigenvalue weighted by atomic mass is 9.92. The maximum Gasteiger partial charge on any atom is 0.00159 e. The molecule has 0 N–H and O–H groups in total. The Labute approximate surface area is 70.0 Å². The fraction of sp³-hybridized carbons (Fsp3) is 0.750. The van der Waals surface area contributed by atoms with E-state index in [1.54, 1.807) is 0 Å². The first-order chi connectivity index (χ1) is 5.11. The summed E-state index contributed by atoms with van der Waals surface area (Å²) in [6.45, 7) is 4.01. The molecule has 1 rings (SSSR count). The van der Waals surface area contributed by atoms with E-state index in [0.717, 1.165) is 24.8 Å². The maximum absolute atomic E-state index is 10.7. The van der Waals surface area contributed by atoms with Crippen molar-refractivity contribution < 1.29 is 8.76 Å². The van der Waals surface area contributed by atoms with Gasteiger partial charge in [0, 0.05) is 4.91 Å². The third-order valence-corrected chi connectivity index (χ3v) is 3.14. The largest absolute Gasteiger partial charge is 0.769 e. The molecule has 2 nitrogen and oxygen atoms in total. The summed E-state index contributed by atoms with van der Waals surface area (Å²) < 4.78 is 21.3. The minimum absolute atomic E-state index is 0.534. The van der Waals surface area contributed by atoms with E-state index in [2.05, 4.69) is 6.92 Å². The van der Waals surface area contributed by atoms with Gasteiger partial charge in [-0.3, -0.25) is 4.21 Å². The Bertz CT molecular complexity index is 208. The molecule has 0 saturated carbocycles. The third-order valence-electron chi connectivity index (χ3n) is 2.22. The van der Waals surface area contributed by atoms with Gasteiger partial charge in [0.2, 0.25) is 0 Å². The molecule has 0 radical (unpaired) electrons. The SMILES string of the molecule is CC1=C(S(=O)[O-])CC(C)CC1. The van der Waals surface area contributed by atoms with E-state index in [-0.39, 0.29) is 0 Å². The van der Waals surface area contributed by atoms with Gasteiger partial charge < -0.3 is 4.55 Å². The van der Waals surface area contributed by atoms with Crippen molar-refractivity contribution in [2.45, 2.75) is 33.1 Å². The average molecular weight is 173 g/mol. The van der Waals surface area contributed by atoms with Crippen molar-refractivity contribution in [2.24, 2.45) is 5.92 Å². The van der Waals surface area contributed by atoms with Crippen LogP contribution in [0.3, 0.4) is 0 Å². The predicted molar refractivity (Wildman–Crippen MR) is 44.6 cm³/mol. The fourth-order valence-electron chi connectivity index (χ4n) is 1.41. The zero-order chi connectivity index (χ0) is 8.43. The number of allylic oxidation sites excluding steroid dienone is 2. The second kappa shape index (κ2) is 3.50. The van der Waals surface area contributed by atoms with Crippen molar-refractivity contribution in [2.75, 3.05) is 0 Å². The van der Waals surface area contributed by atoms with Crippen molar-refractivity contribution in [1.29, 1.82) is 0 Å². The van der Waals surface area contributed by atoms with Crippen LogP contribution in [0.25, 0.3) is 0 Å². The molecule has 0 aromatic rings. The topological polar surface area (TPSA) is 40.1 Å². The second-order valence-electron chi connectivity index (χ2n) is 3.29. The van der Waals surface area contributed by atoms with Gasteiger partial charge in [-0.25, -0.2) is 0 Å². The summed E-state index contributed by atoms with van der Waals surface area (Å²) in [5.41, 5.74) is 1.05. The van der Waals surface area contributed by atoms with Crippen molar-refractivity contribution in [3.05, 3.63) is 10.5 Å². The first-order valence-electron chi connectivity index (χ1n) is 3.89. The highest BCUT2D eigenvalue weighted by Crippen LogP contribution is 2.29. The van der Waals surface area contributed by atoms with Crippen LogP contribution in [0, 0.1) is 5.92 Å². The highest BCUT2D eigenvalue weighted by molar-refractivity contribution is 7.83. The van der Waals surface area contributed by atoms with Gasteiger partial charge in [-0.2, -0.15) is 0 Å². The molecule has 2 unspecified atom stereocenters. The predicted octanol–water partition coefficient (Wildman–Crippen LogP) is 1.96. The zero-order valence-corrected chi connectivity index (χ0v) is 7.74. The molecule has 0 aromatic carbocycles. The lowest BCUT2D eigenvalue weighted by Crippen LogP contribution is -2.09. The van der Waals surface area contributed by atoms with Crippen LogP contribution in [-0.2, 0) is 11.1 Å². The molecule has 0 fully saturated rings. The van der Waals surface area contributed by atoms with Gasteiger partial charge in [0.15, 0.2) is 0 Å². The highest BCUT2D eigenvalue weighted by atomic mass is 32.2.